The molecule has 0 saturated carbocycles. The number of likely N-dealkylation sites (tertiary alicyclic amines) is 1. The van der Waals surface area contributed by atoms with Crippen molar-refractivity contribution in [2.45, 2.75) is 25.0 Å². The molecule has 1 amide bonds. The number of hydrogen-bond acceptors (Lipinski definition) is 4. The van der Waals surface area contributed by atoms with Crippen LogP contribution in [0.2, 0.25) is 0 Å². The van der Waals surface area contributed by atoms with Crippen molar-refractivity contribution in [1.29, 1.82) is 0 Å². The predicted molar refractivity (Wildman–Crippen MR) is 94.5 cm³/mol. The average Bonchev–Trinajstić information content (AvgIpc) is 2.95. The van der Waals surface area contributed by atoms with Crippen molar-refractivity contribution in [3.63, 3.8) is 0 Å². The van der Waals surface area contributed by atoms with Crippen LogP contribution in [-0.4, -0.2) is 36.7 Å². The summed E-state index contributed by atoms with van der Waals surface area (Å²) in [4.78, 5) is 13.9. The quantitative estimate of drug-likeness (QED) is 0.878. The number of carbonyl (C=O) groups excluding carboxylic acids is 1. The Morgan fingerprint density at radius 3 is 2.48 bits per heavy atom. The molecule has 132 valence electrons. The predicted octanol–water partition coefficient (Wildman–Crippen LogP) is 2.71. The minimum atomic E-state index is -1.23. The van der Waals surface area contributed by atoms with Gasteiger partial charge in [-0.3, -0.25) is 4.79 Å². The summed E-state index contributed by atoms with van der Waals surface area (Å²) in [7, 11) is 3.19. The van der Waals surface area contributed by atoms with Crippen LogP contribution in [0.15, 0.2) is 48.5 Å². The van der Waals surface area contributed by atoms with Crippen molar-refractivity contribution in [1.82, 2.24) is 4.90 Å². The molecular formula is C20H23NO4. The van der Waals surface area contributed by atoms with Gasteiger partial charge in [0.1, 0.15) is 0 Å². The first-order chi connectivity index (χ1) is 12.1. The molecule has 1 N–H and O–H groups in total. The molecule has 1 unspecified atom stereocenters. The van der Waals surface area contributed by atoms with Gasteiger partial charge < -0.3 is 19.5 Å². The maximum Gasteiger partial charge on any atom is 0.225 e. The molecule has 3 rings (SSSR count). The van der Waals surface area contributed by atoms with Crippen LogP contribution in [0.5, 0.6) is 11.5 Å². The molecule has 0 bridgehead atoms. The Morgan fingerprint density at radius 2 is 1.80 bits per heavy atom. The average molecular weight is 341 g/mol. The third-order valence-electron chi connectivity index (χ3n) is 4.74. The first-order valence-electron chi connectivity index (χ1n) is 8.38. The Balaban J connectivity index is 1.78. The molecule has 1 fully saturated rings. The van der Waals surface area contributed by atoms with E-state index in [1.165, 1.54) is 0 Å². The molecule has 5 heteroatoms. The monoisotopic (exact) mass is 341 g/mol. The van der Waals surface area contributed by atoms with Crippen molar-refractivity contribution in [3.8, 4) is 11.5 Å². The Morgan fingerprint density at radius 1 is 1.08 bits per heavy atom. The molecule has 0 spiro atoms. The lowest BCUT2D eigenvalue weighted by Gasteiger charge is -2.34. The fourth-order valence-electron chi connectivity index (χ4n) is 3.35. The van der Waals surface area contributed by atoms with E-state index in [2.05, 4.69) is 0 Å². The standard InChI is InChI=1S/C20H23NO4/c1-24-17-9-8-15(14-18(17)25-2)11-13-21-19(22)10-12-20(21,23)16-6-4-3-5-7-16/h3-9,14,23H,10-13H2,1-2H3. The fourth-order valence-corrected chi connectivity index (χ4v) is 3.35. The van der Waals surface area contributed by atoms with Crippen LogP contribution in [0.25, 0.3) is 0 Å². The zero-order valence-electron chi connectivity index (χ0n) is 14.6. The van der Waals surface area contributed by atoms with Gasteiger partial charge in [-0.05, 0) is 24.1 Å². The molecule has 1 saturated heterocycles. The van der Waals surface area contributed by atoms with Crippen LogP contribution >= 0.6 is 0 Å². The summed E-state index contributed by atoms with van der Waals surface area (Å²) in [5, 5.41) is 11.1. The van der Waals surface area contributed by atoms with E-state index in [1.54, 1.807) is 19.1 Å². The lowest BCUT2D eigenvalue weighted by atomic mass is 9.99. The van der Waals surface area contributed by atoms with Crippen LogP contribution in [-0.2, 0) is 16.9 Å². The Kier molecular flexibility index (Phi) is 4.95. The summed E-state index contributed by atoms with van der Waals surface area (Å²) >= 11 is 0. The van der Waals surface area contributed by atoms with Crippen molar-refractivity contribution in [2.24, 2.45) is 0 Å². The molecule has 25 heavy (non-hydrogen) atoms. The van der Waals surface area contributed by atoms with Crippen LogP contribution < -0.4 is 9.47 Å². The van der Waals surface area contributed by atoms with Gasteiger partial charge in [0.25, 0.3) is 0 Å². The maximum atomic E-state index is 12.3. The van der Waals surface area contributed by atoms with Crippen molar-refractivity contribution in [2.75, 3.05) is 20.8 Å². The lowest BCUT2D eigenvalue weighted by molar-refractivity contribution is -0.147. The van der Waals surface area contributed by atoms with E-state index >= 15 is 0 Å². The number of hydrogen-bond donors (Lipinski definition) is 1. The van der Waals surface area contributed by atoms with Gasteiger partial charge in [-0.25, -0.2) is 0 Å². The van der Waals surface area contributed by atoms with E-state index in [4.69, 9.17) is 9.47 Å². The Bertz CT molecular complexity index is 747. The summed E-state index contributed by atoms with van der Waals surface area (Å²) in [5.74, 6) is 1.31. The summed E-state index contributed by atoms with van der Waals surface area (Å²) < 4.78 is 10.6. The highest BCUT2D eigenvalue weighted by molar-refractivity contribution is 5.79. The second-order valence-electron chi connectivity index (χ2n) is 6.17. The fraction of sp³-hybridized carbons (Fsp3) is 0.350. The van der Waals surface area contributed by atoms with Gasteiger partial charge in [0.05, 0.1) is 14.2 Å². The molecule has 2 aromatic rings. The molecule has 2 aromatic carbocycles. The zero-order chi connectivity index (χ0) is 17.9. The van der Waals surface area contributed by atoms with E-state index in [1.807, 2.05) is 48.5 Å². The first-order valence-corrected chi connectivity index (χ1v) is 8.38. The van der Waals surface area contributed by atoms with Gasteiger partial charge in [-0.1, -0.05) is 36.4 Å². The second kappa shape index (κ2) is 7.15. The summed E-state index contributed by atoms with van der Waals surface area (Å²) in [6.07, 6.45) is 1.40. The molecule has 1 aliphatic heterocycles. The van der Waals surface area contributed by atoms with Gasteiger partial charge in [0.15, 0.2) is 17.2 Å². The number of benzene rings is 2. The van der Waals surface area contributed by atoms with E-state index in [9.17, 15) is 9.90 Å². The molecule has 1 aliphatic rings. The lowest BCUT2D eigenvalue weighted by Crippen LogP contribution is -2.44. The first kappa shape index (κ1) is 17.3. The largest absolute Gasteiger partial charge is 0.493 e. The molecule has 0 aliphatic carbocycles. The number of rotatable bonds is 6. The third kappa shape index (κ3) is 3.33. The van der Waals surface area contributed by atoms with E-state index in [-0.39, 0.29) is 5.91 Å². The van der Waals surface area contributed by atoms with Crippen LogP contribution in [0.4, 0.5) is 0 Å². The summed E-state index contributed by atoms with van der Waals surface area (Å²) in [5.41, 5.74) is 0.551. The van der Waals surface area contributed by atoms with Crippen molar-refractivity contribution >= 4 is 5.91 Å². The Hall–Kier alpha value is -2.53. The highest BCUT2D eigenvalue weighted by Gasteiger charge is 2.44. The van der Waals surface area contributed by atoms with E-state index in [0.717, 1.165) is 11.1 Å². The van der Waals surface area contributed by atoms with E-state index in [0.29, 0.717) is 37.3 Å². The van der Waals surface area contributed by atoms with Gasteiger partial charge in [-0.2, -0.15) is 0 Å². The molecule has 1 heterocycles. The minimum Gasteiger partial charge on any atom is -0.493 e. The van der Waals surface area contributed by atoms with Crippen LogP contribution in [0, 0.1) is 0 Å². The second-order valence-corrected chi connectivity index (χ2v) is 6.17. The number of aliphatic hydroxyl groups is 1. The molecule has 0 aromatic heterocycles. The highest BCUT2D eigenvalue weighted by atomic mass is 16.5. The molecule has 0 radical (unpaired) electrons. The summed E-state index contributed by atoms with van der Waals surface area (Å²) in [6.45, 7) is 0.444. The van der Waals surface area contributed by atoms with Gasteiger partial charge >= 0.3 is 0 Å². The van der Waals surface area contributed by atoms with Crippen molar-refractivity contribution < 1.29 is 19.4 Å². The van der Waals surface area contributed by atoms with E-state index < -0.39 is 5.72 Å². The topological polar surface area (TPSA) is 59.0 Å². The van der Waals surface area contributed by atoms with Crippen molar-refractivity contribution in [3.05, 3.63) is 59.7 Å². The number of methoxy groups -OCH3 is 2. The molecular weight excluding hydrogens is 318 g/mol. The maximum absolute atomic E-state index is 12.3. The number of amides is 1. The molecule has 5 nitrogen and oxygen atoms in total. The van der Waals surface area contributed by atoms with Crippen LogP contribution in [0.3, 0.4) is 0 Å². The highest BCUT2D eigenvalue weighted by Crippen LogP contribution is 2.37. The normalized spacial score (nSPS) is 20.0. The summed E-state index contributed by atoms with van der Waals surface area (Å²) in [6, 6.07) is 15.1. The number of ether oxygens (including phenoxy) is 2. The van der Waals surface area contributed by atoms with Gasteiger partial charge in [-0.15, -0.1) is 0 Å². The minimum absolute atomic E-state index is 0.0215. The number of carbonyl (C=O) groups is 1. The van der Waals surface area contributed by atoms with Crippen LogP contribution in [0.1, 0.15) is 24.0 Å². The van der Waals surface area contributed by atoms with Gasteiger partial charge in [0.2, 0.25) is 5.91 Å². The third-order valence-corrected chi connectivity index (χ3v) is 4.74. The number of nitrogens with zero attached hydrogens (tertiary/aromatic N) is 1. The zero-order valence-corrected chi connectivity index (χ0v) is 14.6. The Labute approximate surface area is 147 Å². The smallest absolute Gasteiger partial charge is 0.225 e. The molecule has 1 atom stereocenters. The van der Waals surface area contributed by atoms with Gasteiger partial charge in [0, 0.05) is 24.9 Å². The SMILES string of the molecule is COc1ccc(CCN2C(=O)CCC2(O)c2ccccc2)cc1OC.